The van der Waals surface area contributed by atoms with Gasteiger partial charge in [0.1, 0.15) is 6.10 Å². The molecule has 0 aromatic carbocycles. The van der Waals surface area contributed by atoms with E-state index in [2.05, 4.69) is 0 Å². The molecule has 1 N–H and O–H groups in total. The molecule has 9 heavy (non-hydrogen) atoms. The molecule has 0 aliphatic rings. The molecule has 0 fully saturated rings. The summed E-state index contributed by atoms with van der Waals surface area (Å²) in [5, 5.41) is 18.6. The van der Waals surface area contributed by atoms with E-state index in [1.807, 2.05) is 0 Å². The summed E-state index contributed by atoms with van der Waals surface area (Å²) in [5.41, 5.74) is 0. The monoisotopic (exact) mass is 133 g/mol. The van der Waals surface area contributed by atoms with E-state index < -0.39 is 11.0 Å². The smallest absolute Gasteiger partial charge is 0.229 e. The predicted molar refractivity (Wildman–Crippen MR) is 32.7 cm³/mol. The third-order valence-electron chi connectivity index (χ3n) is 1.11. The number of nitro groups is 1. The van der Waals surface area contributed by atoms with Gasteiger partial charge in [-0.15, -0.1) is 0 Å². The van der Waals surface area contributed by atoms with Crippen LogP contribution < -0.4 is 0 Å². The Morgan fingerprint density at radius 1 is 1.67 bits per heavy atom. The molecule has 0 rings (SSSR count). The summed E-state index contributed by atoms with van der Waals surface area (Å²) in [7, 11) is 0. The molecule has 4 nitrogen and oxygen atoms in total. The Morgan fingerprint density at radius 2 is 2.11 bits per heavy atom. The van der Waals surface area contributed by atoms with Gasteiger partial charge in [-0.1, -0.05) is 13.8 Å². The lowest BCUT2D eigenvalue weighted by atomic mass is 10.1. The largest absolute Gasteiger partial charge is 0.386 e. The summed E-state index contributed by atoms with van der Waals surface area (Å²) in [5.74, 6) is -0.0320. The van der Waals surface area contributed by atoms with Crippen molar-refractivity contribution < 1.29 is 10.0 Å². The van der Waals surface area contributed by atoms with E-state index in [4.69, 9.17) is 5.11 Å². The van der Waals surface area contributed by atoms with E-state index >= 15 is 0 Å². The maximum Gasteiger partial charge on any atom is 0.229 e. The molecule has 0 saturated heterocycles. The average Bonchev–Trinajstić information content (AvgIpc) is 1.63. The summed E-state index contributed by atoms with van der Waals surface area (Å²) >= 11 is 0. The van der Waals surface area contributed by atoms with Gasteiger partial charge in [0.05, 0.1) is 0 Å². The fraction of sp³-hybridized carbons (Fsp3) is 1.00. The van der Waals surface area contributed by atoms with Crippen molar-refractivity contribution in [3.05, 3.63) is 10.1 Å². The molecule has 0 spiro atoms. The van der Waals surface area contributed by atoms with Crippen LogP contribution in [0.5, 0.6) is 0 Å². The van der Waals surface area contributed by atoms with Crippen LogP contribution in [0.4, 0.5) is 0 Å². The third-order valence-corrected chi connectivity index (χ3v) is 1.11. The fourth-order valence-electron chi connectivity index (χ4n) is 0.364. The first-order valence-corrected chi connectivity index (χ1v) is 2.84. The second kappa shape index (κ2) is 3.40. The van der Waals surface area contributed by atoms with Crippen molar-refractivity contribution in [2.45, 2.75) is 20.0 Å². The fourth-order valence-corrected chi connectivity index (χ4v) is 0.364. The zero-order chi connectivity index (χ0) is 7.44. The summed E-state index contributed by atoms with van der Waals surface area (Å²) < 4.78 is 0. The van der Waals surface area contributed by atoms with Crippen LogP contribution in [0.1, 0.15) is 13.8 Å². The predicted octanol–water partition coefficient (Wildman–Crippen LogP) is 0.280. The second-order valence-electron chi connectivity index (χ2n) is 2.33. The minimum absolute atomic E-state index is 0.0320. The van der Waals surface area contributed by atoms with Crippen molar-refractivity contribution in [3.63, 3.8) is 0 Å². The Bertz CT molecular complexity index is 102. The number of aliphatic hydroxyl groups excluding tert-OH is 1. The van der Waals surface area contributed by atoms with Gasteiger partial charge in [0.2, 0.25) is 6.54 Å². The van der Waals surface area contributed by atoms with Crippen LogP contribution in [-0.2, 0) is 0 Å². The lowest BCUT2D eigenvalue weighted by Crippen LogP contribution is -2.24. The van der Waals surface area contributed by atoms with Crippen LogP contribution in [0.25, 0.3) is 0 Å². The van der Waals surface area contributed by atoms with Gasteiger partial charge < -0.3 is 5.11 Å². The van der Waals surface area contributed by atoms with Crippen molar-refractivity contribution in [1.82, 2.24) is 0 Å². The van der Waals surface area contributed by atoms with Gasteiger partial charge in [0.25, 0.3) is 0 Å². The number of aliphatic hydroxyl groups is 1. The second-order valence-corrected chi connectivity index (χ2v) is 2.33. The summed E-state index contributed by atoms with van der Waals surface area (Å²) in [6.45, 7) is 3.14. The molecule has 0 amide bonds. The van der Waals surface area contributed by atoms with Crippen molar-refractivity contribution in [2.24, 2.45) is 5.92 Å². The SMILES string of the molecule is CC(C)[C@@H](O)C[N+](=O)[O-]. The highest BCUT2D eigenvalue weighted by Gasteiger charge is 2.14. The summed E-state index contributed by atoms with van der Waals surface area (Å²) in [6.07, 6.45) is -0.806. The molecule has 0 unspecified atom stereocenters. The molecule has 0 saturated carbocycles. The van der Waals surface area contributed by atoms with Crippen molar-refractivity contribution in [1.29, 1.82) is 0 Å². The standard InChI is InChI=1S/C5H11NO3/c1-4(2)5(7)3-6(8)9/h4-5,7H,3H2,1-2H3/t5-/m0/s1. The van der Waals surface area contributed by atoms with Gasteiger partial charge in [-0.2, -0.15) is 0 Å². The Morgan fingerprint density at radius 3 is 2.22 bits per heavy atom. The highest BCUT2D eigenvalue weighted by atomic mass is 16.6. The first-order valence-electron chi connectivity index (χ1n) is 2.84. The average molecular weight is 133 g/mol. The molecule has 0 aliphatic carbocycles. The quantitative estimate of drug-likeness (QED) is 0.444. The van der Waals surface area contributed by atoms with Gasteiger partial charge >= 0.3 is 0 Å². The highest BCUT2D eigenvalue weighted by molar-refractivity contribution is 4.56. The topological polar surface area (TPSA) is 63.4 Å². The molecular weight excluding hydrogens is 122 g/mol. The van der Waals surface area contributed by atoms with Crippen molar-refractivity contribution in [2.75, 3.05) is 6.54 Å². The molecule has 0 aromatic rings. The summed E-state index contributed by atoms with van der Waals surface area (Å²) in [4.78, 5) is 9.25. The molecule has 0 bridgehead atoms. The number of nitrogens with zero attached hydrogens (tertiary/aromatic N) is 1. The summed E-state index contributed by atoms with van der Waals surface area (Å²) in [6, 6.07) is 0. The van der Waals surface area contributed by atoms with Crippen LogP contribution in [-0.4, -0.2) is 22.7 Å². The first kappa shape index (κ1) is 8.36. The van der Waals surface area contributed by atoms with E-state index in [1.54, 1.807) is 13.8 Å². The lowest BCUT2D eigenvalue weighted by Gasteiger charge is -2.07. The Labute approximate surface area is 53.6 Å². The number of rotatable bonds is 3. The van der Waals surface area contributed by atoms with Crippen LogP contribution in [0.3, 0.4) is 0 Å². The third kappa shape index (κ3) is 3.90. The van der Waals surface area contributed by atoms with Crippen molar-refractivity contribution in [3.8, 4) is 0 Å². The molecule has 0 aromatic heterocycles. The molecular formula is C5H11NO3. The maximum atomic E-state index is 9.76. The Kier molecular flexibility index (Phi) is 3.16. The molecule has 1 atom stereocenters. The van der Waals surface area contributed by atoms with Gasteiger partial charge in [-0.05, 0) is 5.92 Å². The van der Waals surface area contributed by atoms with Gasteiger partial charge in [0, 0.05) is 4.92 Å². The Balaban J connectivity index is 3.50. The highest BCUT2D eigenvalue weighted by Crippen LogP contribution is 1.99. The van der Waals surface area contributed by atoms with E-state index in [9.17, 15) is 10.1 Å². The maximum absolute atomic E-state index is 9.76. The van der Waals surface area contributed by atoms with Gasteiger partial charge in [-0.3, -0.25) is 10.1 Å². The molecule has 0 radical (unpaired) electrons. The van der Waals surface area contributed by atoms with E-state index in [0.29, 0.717) is 0 Å². The normalized spacial score (nSPS) is 13.8. The Hall–Kier alpha value is -0.640. The van der Waals surface area contributed by atoms with E-state index in [1.165, 1.54) is 0 Å². The molecule has 54 valence electrons. The zero-order valence-electron chi connectivity index (χ0n) is 5.57. The molecule has 4 heteroatoms. The van der Waals surface area contributed by atoms with E-state index in [-0.39, 0.29) is 12.5 Å². The van der Waals surface area contributed by atoms with E-state index in [0.717, 1.165) is 0 Å². The van der Waals surface area contributed by atoms with Crippen LogP contribution >= 0.6 is 0 Å². The minimum atomic E-state index is -0.806. The van der Waals surface area contributed by atoms with Crippen molar-refractivity contribution >= 4 is 0 Å². The number of hydrogen-bond donors (Lipinski definition) is 1. The zero-order valence-corrected chi connectivity index (χ0v) is 5.57. The lowest BCUT2D eigenvalue weighted by molar-refractivity contribution is -0.492. The van der Waals surface area contributed by atoms with Crippen LogP contribution in [0.2, 0.25) is 0 Å². The van der Waals surface area contributed by atoms with Gasteiger partial charge in [-0.25, -0.2) is 0 Å². The number of hydrogen-bond acceptors (Lipinski definition) is 3. The molecule has 0 heterocycles. The minimum Gasteiger partial charge on any atom is -0.386 e. The first-order chi connectivity index (χ1) is 4.04. The van der Waals surface area contributed by atoms with Crippen LogP contribution in [0, 0.1) is 16.0 Å². The van der Waals surface area contributed by atoms with Gasteiger partial charge in [0.15, 0.2) is 0 Å². The van der Waals surface area contributed by atoms with Crippen LogP contribution in [0.15, 0.2) is 0 Å². The molecule has 0 aliphatic heterocycles.